The third-order valence-corrected chi connectivity index (χ3v) is 4.22. The van der Waals surface area contributed by atoms with Crippen LogP contribution < -0.4 is 5.32 Å². The monoisotopic (exact) mass is 251 g/mol. The summed E-state index contributed by atoms with van der Waals surface area (Å²) in [6, 6.07) is 2.15. The average Bonchev–Trinajstić information content (AvgIpc) is 2.41. The molecule has 0 unspecified atom stereocenters. The van der Waals surface area contributed by atoms with E-state index in [9.17, 15) is 4.79 Å². The molecule has 0 bridgehead atoms. The zero-order valence-electron chi connectivity index (χ0n) is 11.1. The van der Waals surface area contributed by atoms with Crippen LogP contribution >= 0.6 is 0 Å². The molecule has 5 heteroatoms. The van der Waals surface area contributed by atoms with Crippen molar-refractivity contribution in [2.24, 2.45) is 17.8 Å². The molecule has 1 N–H and O–H groups in total. The molecule has 0 radical (unpaired) electrons. The first-order valence-electron chi connectivity index (χ1n) is 6.70. The summed E-state index contributed by atoms with van der Waals surface area (Å²) in [5, 5.41) is 12.1. The van der Waals surface area contributed by atoms with Crippen LogP contribution in [0.15, 0.2) is 0 Å². The van der Waals surface area contributed by atoms with Gasteiger partial charge in [-0.05, 0) is 11.8 Å². The van der Waals surface area contributed by atoms with Gasteiger partial charge in [0.15, 0.2) is 0 Å². The third-order valence-electron chi connectivity index (χ3n) is 4.22. The summed E-state index contributed by atoms with van der Waals surface area (Å²) in [5.74, 6) is -0.159. The first-order valence-corrected chi connectivity index (χ1v) is 6.70. The van der Waals surface area contributed by atoms with Crippen LogP contribution in [0, 0.1) is 29.1 Å². The van der Waals surface area contributed by atoms with E-state index in [1.807, 2.05) is 0 Å². The van der Waals surface area contributed by atoms with Crippen molar-refractivity contribution in [3.63, 3.8) is 0 Å². The van der Waals surface area contributed by atoms with E-state index in [4.69, 9.17) is 10.00 Å². The highest BCUT2D eigenvalue weighted by Crippen LogP contribution is 2.32. The minimum atomic E-state index is -0.498. The van der Waals surface area contributed by atoms with Crippen molar-refractivity contribution in [2.45, 2.75) is 26.4 Å². The Morgan fingerprint density at radius 1 is 1.50 bits per heavy atom. The number of morpholine rings is 1. The quantitative estimate of drug-likeness (QED) is 0.779. The first kappa shape index (κ1) is 13.3. The highest BCUT2D eigenvalue weighted by molar-refractivity contribution is 5.82. The third kappa shape index (κ3) is 2.36. The molecule has 5 nitrogen and oxygen atoms in total. The lowest BCUT2D eigenvalue weighted by Crippen LogP contribution is -2.62. The Morgan fingerprint density at radius 2 is 2.17 bits per heavy atom. The summed E-state index contributed by atoms with van der Waals surface area (Å²) < 4.78 is 5.34. The van der Waals surface area contributed by atoms with Crippen molar-refractivity contribution in [1.82, 2.24) is 10.2 Å². The van der Waals surface area contributed by atoms with Crippen molar-refractivity contribution in [3.8, 4) is 6.07 Å². The number of hydrogen-bond donors (Lipinski definition) is 1. The zero-order chi connectivity index (χ0) is 13.1. The van der Waals surface area contributed by atoms with Gasteiger partial charge in [-0.1, -0.05) is 20.3 Å². The van der Waals surface area contributed by atoms with Crippen molar-refractivity contribution in [3.05, 3.63) is 0 Å². The maximum absolute atomic E-state index is 12.0. The van der Waals surface area contributed by atoms with Crippen LogP contribution in [-0.2, 0) is 9.53 Å². The number of carbonyl (C=O) groups excluding carboxylic acids is 1. The van der Waals surface area contributed by atoms with Gasteiger partial charge in [0.05, 0.1) is 25.4 Å². The molecule has 2 aliphatic heterocycles. The summed E-state index contributed by atoms with van der Waals surface area (Å²) in [7, 11) is 0. The van der Waals surface area contributed by atoms with E-state index in [-0.39, 0.29) is 18.0 Å². The molecular weight excluding hydrogens is 230 g/mol. The van der Waals surface area contributed by atoms with E-state index >= 15 is 0 Å². The molecule has 4 atom stereocenters. The largest absolute Gasteiger partial charge is 0.379 e. The Morgan fingerprint density at radius 3 is 2.72 bits per heavy atom. The van der Waals surface area contributed by atoms with Crippen LogP contribution in [0.2, 0.25) is 0 Å². The van der Waals surface area contributed by atoms with Gasteiger partial charge < -0.3 is 10.1 Å². The lowest BCUT2D eigenvalue weighted by atomic mass is 9.76. The van der Waals surface area contributed by atoms with Gasteiger partial charge in [0.2, 0.25) is 5.91 Å². The second-order valence-electron chi connectivity index (χ2n) is 5.14. The highest BCUT2D eigenvalue weighted by Gasteiger charge is 2.43. The predicted molar refractivity (Wildman–Crippen MR) is 66.4 cm³/mol. The molecule has 0 spiro atoms. The van der Waals surface area contributed by atoms with Crippen molar-refractivity contribution in [2.75, 3.05) is 26.3 Å². The number of nitrogens with one attached hydrogen (secondary N) is 1. The number of carbonyl (C=O) groups is 1. The van der Waals surface area contributed by atoms with Crippen LogP contribution in [0.25, 0.3) is 0 Å². The molecule has 0 aromatic heterocycles. The zero-order valence-corrected chi connectivity index (χ0v) is 11.1. The van der Waals surface area contributed by atoms with E-state index in [2.05, 4.69) is 30.1 Å². The molecule has 0 aliphatic carbocycles. The Balaban J connectivity index is 2.13. The van der Waals surface area contributed by atoms with Crippen LogP contribution in [0.5, 0.6) is 0 Å². The van der Waals surface area contributed by atoms with Gasteiger partial charge in [-0.15, -0.1) is 0 Å². The molecule has 2 rings (SSSR count). The van der Waals surface area contributed by atoms with Crippen LogP contribution in [0.1, 0.15) is 20.3 Å². The van der Waals surface area contributed by atoms with Crippen LogP contribution in [-0.4, -0.2) is 43.3 Å². The molecule has 18 heavy (non-hydrogen) atoms. The smallest absolute Gasteiger partial charge is 0.238 e. The Hall–Kier alpha value is -1.12. The Bertz CT molecular complexity index is 347. The lowest BCUT2D eigenvalue weighted by molar-refractivity contribution is -0.135. The summed E-state index contributed by atoms with van der Waals surface area (Å²) >= 11 is 0. The molecule has 0 aromatic rings. The molecule has 0 aromatic carbocycles. The topological polar surface area (TPSA) is 65.4 Å². The number of nitriles is 1. The summed E-state index contributed by atoms with van der Waals surface area (Å²) in [6.45, 7) is 7.33. The molecule has 100 valence electrons. The average molecular weight is 251 g/mol. The van der Waals surface area contributed by atoms with Crippen molar-refractivity contribution < 1.29 is 9.53 Å². The Labute approximate surface area is 108 Å². The van der Waals surface area contributed by atoms with Crippen LogP contribution in [0.4, 0.5) is 0 Å². The van der Waals surface area contributed by atoms with Gasteiger partial charge >= 0.3 is 0 Å². The summed E-state index contributed by atoms with van der Waals surface area (Å²) in [6.07, 6.45) is 0.921. The standard InChI is InChI=1S/C13H21N3O2/c1-3-10-9(2)12(15-13(17)11(10)8-14)16-4-6-18-7-5-16/h9-12H,3-7H2,1-2H3,(H,15,17)/t9-,10-,11-,12+/m1/s1. The highest BCUT2D eigenvalue weighted by atomic mass is 16.5. The fourth-order valence-electron chi connectivity index (χ4n) is 3.14. The van der Waals surface area contributed by atoms with E-state index in [1.165, 1.54) is 0 Å². The number of amides is 1. The molecule has 2 aliphatic rings. The second-order valence-corrected chi connectivity index (χ2v) is 5.14. The summed E-state index contributed by atoms with van der Waals surface area (Å²) in [4.78, 5) is 14.3. The van der Waals surface area contributed by atoms with Gasteiger partial charge in [-0.2, -0.15) is 5.26 Å². The van der Waals surface area contributed by atoms with Gasteiger partial charge in [0.25, 0.3) is 0 Å². The fraction of sp³-hybridized carbons (Fsp3) is 0.846. The molecule has 2 fully saturated rings. The maximum Gasteiger partial charge on any atom is 0.238 e. The van der Waals surface area contributed by atoms with Gasteiger partial charge in [-0.25, -0.2) is 0 Å². The fourth-order valence-corrected chi connectivity index (χ4v) is 3.14. The minimum Gasteiger partial charge on any atom is -0.379 e. The number of hydrogen-bond acceptors (Lipinski definition) is 4. The first-order chi connectivity index (χ1) is 8.69. The lowest BCUT2D eigenvalue weighted by Gasteiger charge is -2.45. The van der Waals surface area contributed by atoms with Gasteiger partial charge in [-0.3, -0.25) is 9.69 Å². The molecule has 1 amide bonds. The number of ether oxygens (including phenoxy) is 1. The minimum absolute atomic E-state index is 0.0518. The molecule has 2 heterocycles. The maximum atomic E-state index is 12.0. The van der Waals surface area contributed by atoms with E-state index in [0.717, 1.165) is 32.7 Å². The van der Waals surface area contributed by atoms with Gasteiger partial charge in [0, 0.05) is 13.1 Å². The predicted octanol–water partition coefficient (Wildman–Crippen LogP) is 0.577. The number of rotatable bonds is 2. The van der Waals surface area contributed by atoms with E-state index in [1.54, 1.807) is 0 Å². The van der Waals surface area contributed by atoms with E-state index in [0.29, 0.717) is 5.92 Å². The molecule has 0 saturated carbocycles. The van der Waals surface area contributed by atoms with Crippen molar-refractivity contribution in [1.29, 1.82) is 5.26 Å². The van der Waals surface area contributed by atoms with Gasteiger partial charge in [0.1, 0.15) is 5.92 Å². The number of piperidine rings is 1. The van der Waals surface area contributed by atoms with Crippen molar-refractivity contribution >= 4 is 5.91 Å². The summed E-state index contributed by atoms with van der Waals surface area (Å²) in [5.41, 5.74) is 0. The van der Waals surface area contributed by atoms with Crippen LogP contribution in [0.3, 0.4) is 0 Å². The normalized spacial score (nSPS) is 37.9. The molecule has 2 saturated heterocycles. The Kier molecular flexibility index (Phi) is 4.20. The SMILES string of the molecule is CC[C@@H]1[C@@H](C)[C@H](N2CCOCC2)NC(=O)[C@@H]1C#N. The molecular formula is C13H21N3O2. The number of nitrogens with zero attached hydrogens (tertiary/aromatic N) is 2. The van der Waals surface area contributed by atoms with E-state index < -0.39 is 5.92 Å². The second kappa shape index (κ2) is 5.68.